The van der Waals surface area contributed by atoms with E-state index in [4.69, 9.17) is 25.8 Å². The number of hydrogen-bond acceptors (Lipinski definition) is 5. The zero-order valence-electron chi connectivity index (χ0n) is 15.5. The van der Waals surface area contributed by atoms with Crippen LogP contribution >= 0.6 is 11.6 Å². The van der Waals surface area contributed by atoms with E-state index >= 15 is 0 Å². The van der Waals surface area contributed by atoms with Crippen LogP contribution in [0.25, 0.3) is 11.3 Å². The highest BCUT2D eigenvalue weighted by molar-refractivity contribution is 6.36. The Kier molecular flexibility index (Phi) is 6.64. The highest BCUT2D eigenvalue weighted by atomic mass is 35.5. The monoisotopic (exact) mass is 402 g/mol. The topological polar surface area (TPSA) is 62.6 Å². The van der Waals surface area contributed by atoms with Crippen LogP contribution in [0.15, 0.2) is 18.2 Å². The normalized spacial score (nSPS) is 11.4. The molecule has 27 heavy (non-hydrogen) atoms. The molecule has 0 N–H and O–H groups in total. The van der Waals surface area contributed by atoms with Gasteiger partial charge in [0.1, 0.15) is 16.5 Å². The van der Waals surface area contributed by atoms with Gasteiger partial charge in [-0.25, -0.2) is 13.6 Å². The molecule has 2 aromatic rings. The second kappa shape index (κ2) is 8.56. The Morgan fingerprint density at radius 2 is 2.04 bits per heavy atom. The highest BCUT2D eigenvalue weighted by Crippen LogP contribution is 2.39. The summed E-state index contributed by atoms with van der Waals surface area (Å²) in [7, 11) is 1.43. The van der Waals surface area contributed by atoms with Crippen molar-refractivity contribution in [1.82, 2.24) is 9.78 Å². The summed E-state index contributed by atoms with van der Waals surface area (Å²) < 4.78 is 43.0. The van der Waals surface area contributed by atoms with E-state index in [0.717, 1.165) is 6.92 Å². The van der Waals surface area contributed by atoms with E-state index in [2.05, 4.69) is 5.10 Å². The summed E-state index contributed by atoms with van der Waals surface area (Å²) in [5, 5.41) is 4.34. The molecule has 0 spiro atoms. The molecule has 148 valence electrons. The van der Waals surface area contributed by atoms with Gasteiger partial charge in [-0.15, -0.1) is 0 Å². The maximum absolute atomic E-state index is 13.0. The maximum atomic E-state index is 13.0. The number of esters is 1. The summed E-state index contributed by atoms with van der Waals surface area (Å²) in [4.78, 5) is 12.1. The lowest BCUT2D eigenvalue weighted by atomic mass is 10.1. The summed E-state index contributed by atoms with van der Waals surface area (Å²) in [6.07, 6.45) is 0. The van der Waals surface area contributed by atoms with Crippen LogP contribution in [0.4, 0.5) is 8.78 Å². The van der Waals surface area contributed by atoms with Gasteiger partial charge in [0.15, 0.2) is 12.3 Å². The number of aryl methyl sites for hydroxylation is 1. The van der Waals surface area contributed by atoms with Crippen LogP contribution in [0, 0.1) is 0 Å². The van der Waals surface area contributed by atoms with E-state index in [9.17, 15) is 13.6 Å². The quantitative estimate of drug-likeness (QED) is 0.611. The van der Waals surface area contributed by atoms with Crippen molar-refractivity contribution in [2.45, 2.75) is 33.2 Å². The number of benzene rings is 1. The Morgan fingerprint density at radius 1 is 1.33 bits per heavy atom. The minimum atomic E-state index is -2.95. The summed E-state index contributed by atoms with van der Waals surface area (Å²) in [6, 6.07) is 4.62. The van der Waals surface area contributed by atoms with Crippen molar-refractivity contribution in [2.24, 2.45) is 0 Å². The van der Waals surface area contributed by atoms with Crippen LogP contribution in [0.2, 0.25) is 5.02 Å². The van der Waals surface area contributed by atoms with Crippen LogP contribution < -0.4 is 9.47 Å². The number of methoxy groups -OCH3 is 1. The maximum Gasteiger partial charge on any atom is 0.360 e. The molecule has 0 atom stereocenters. The fraction of sp³-hybridized carbons (Fsp3) is 0.444. The number of rotatable bonds is 8. The molecule has 1 heterocycles. The first kappa shape index (κ1) is 21.0. The molecule has 0 aliphatic heterocycles. The van der Waals surface area contributed by atoms with Gasteiger partial charge in [-0.3, -0.25) is 4.68 Å². The highest BCUT2D eigenvalue weighted by Gasteiger charge is 2.26. The Bertz CT molecular complexity index is 818. The van der Waals surface area contributed by atoms with Gasteiger partial charge in [0.25, 0.3) is 5.92 Å². The molecule has 9 heteroatoms. The second-order valence-electron chi connectivity index (χ2n) is 5.77. The van der Waals surface area contributed by atoms with Gasteiger partial charge in [0.2, 0.25) is 0 Å². The second-order valence-corrected chi connectivity index (χ2v) is 6.15. The lowest BCUT2D eigenvalue weighted by Gasteiger charge is -2.15. The van der Waals surface area contributed by atoms with Crippen LogP contribution in [0.1, 0.15) is 31.3 Å². The summed E-state index contributed by atoms with van der Waals surface area (Å²) in [5.41, 5.74) is 1.01. The number of halogens is 3. The minimum absolute atomic E-state index is 0.00312. The van der Waals surface area contributed by atoms with Gasteiger partial charge in [-0.2, -0.15) is 5.10 Å². The summed E-state index contributed by atoms with van der Waals surface area (Å²) in [5.74, 6) is -3.01. The molecule has 0 aliphatic rings. The zero-order chi connectivity index (χ0) is 20.2. The molecule has 0 aliphatic carbocycles. The van der Waals surface area contributed by atoms with Gasteiger partial charge < -0.3 is 14.2 Å². The van der Waals surface area contributed by atoms with Crippen molar-refractivity contribution in [3.8, 4) is 22.8 Å². The molecule has 0 unspecified atom stereocenters. The minimum Gasteiger partial charge on any atom is -0.496 e. The molecular formula is C18H21ClF2N2O4. The third-order valence-corrected chi connectivity index (χ3v) is 3.94. The van der Waals surface area contributed by atoms with Crippen LogP contribution in [-0.4, -0.2) is 42.0 Å². The lowest BCUT2D eigenvalue weighted by Crippen LogP contribution is -2.20. The van der Waals surface area contributed by atoms with E-state index in [1.54, 1.807) is 17.7 Å². The van der Waals surface area contributed by atoms with Gasteiger partial charge >= 0.3 is 5.97 Å². The van der Waals surface area contributed by atoms with Gasteiger partial charge in [0, 0.05) is 25.1 Å². The first-order valence-electron chi connectivity index (χ1n) is 8.34. The molecule has 0 saturated carbocycles. The van der Waals surface area contributed by atoms with E-state index in [0.29, 0.717) is 23.6 Å². The van der Waals surface area contributed by atoms with Gasteiger partial charge in [-0.1, -0.05) is 11.6 Å². The van der Waals surface area contributed by atoms with Crippen LogP contribution in [-0.2, 0) is 11.3 Å². The molecule has 0 saturated heterocycles. The van der Waals surface area contributed by atoms with E-state index in [1.807, 2.05) is 6.92 Å². The average Bonchev–Trinajstić information content (AvgIpc) is 2.95. The molecule has 2 rings (SSSR count). The largest absolute Gasteiger partial charge is 0.496 e. The first-order valence-corrected chi connectivity index (χ1v) is 8.72. The molecule has 6 nitrogen and oxygen atoms in total. The van der Waals surface area contributed by atoms with Gasteiger partial charge in [-0.05, 0) is 26.0 Å². The number of alkyl halides is 2. The molecule has 0 radical (unpaired) electrons. The van der Waals surface area contributed by atoms with Crippen molar-refractivity contribution < 1.29 is 27.8 Å². The fourth-order valence-corrected chi connectivity index (χ4v) is 2.74. The summed E-state index contributed by atoms with van der Waals surface area (Å²) >= 11 is 6.39. The third-order valence-electron chi connectivity index (χ3n) is 3.58. The van der Waals surface area contributed by atoms with Crippen molar-refractivity contribution in [3.63, 3.8) is 0 Å². The standard InChI is InChI=1S/C18H21ClF2N2O4/c1-5-23-16(14(19)15(22-23)17(24)26-6-2)12-8-7-11(9-13(12)25-4)27-10-18(3,20)21/h7-9H,5-6,10H2,1-4H3. The number of carbonyl (C=O) groups excluding carboxylic acids is 1. The Morgan fingerprint density at radius 3 is 2.59 bits per heavy atom. The smallest absolute Gasteiger partial charge is 0.360 e. The Labute approximate surface area is 161 Å². The molecular weight excluding hydrogens is 382 g/mol. The zero-order valence-corrected chi connectivity index (χ0v) is 16.3. The SMILES string of the molecule is CCOC(=O)c1nn(CC)c(-c2ccc(OCC(C)(F)F)cc2OC)c1Cl. The predicted molar refractivity (Wildman–Crippen MR) is 97.0 cm³/mol. The van der Waals surface area contributed by atoms with Crippen molar-refractivity contribution >= 4 is 17.6 Å². The Hall–Kier alpha value is -2.35. The number of nitrogens with zero attached hydrogens (tertiary/aromatic N) is 2. The molecule has 1 aromatic heterocycles. The average molecular weight is 403 g/mol. The molecule has 0 fully saturated rings. The molecule has 0 bridgehead atoms. The van der Waals surface area contributed by atoms with Crippen molar-refractivity contribution in [2.75, 3.05) is 20.3 Å². The lowest BCUT2D eigenvalue weighted by molar-refractivity contribution is -0.0230. The van der Waals surface area contributed by atoms with Gasteiger partial charge in [0.05, 0.1) is 19.4 Å². The number of ether oxygens (including phenoxy) is 3. The van der Waals surface area contributed by atoms with E-state index in [1.165, 1.54) is 19.2 Å². The molecule has 1 aromatic carbocycles. The Balaban J connectivity index is 2.46. The fourth-order valence-electron chi connectivity index (χ4n) is 2.42. The molecule has 0 amide bonds. The van der Waals surface area contributed by atoms with Crippen molar-refractivity contribution in [3.05, 3.63) is 28.9 Å². The van der Waals surface area contributed by atoms with Crippen LogP contribution in [0.3, 0.4) is 0 Å². The predicted octanol–water partition coefficient (Wildman–Crippen LogP) is 4.44. The summed E-state index contributed by atoms with van der Waals surface area (Å²) in [6.45, 7) is 4.18. The number of carbonyl (C=O) groups is 1. The van der Waals surface area contributed by atoms with Crippen LogP contribution in [0.5, 0.6) is 11.5 Å². The first-order chi connectivity index (χ1) is 12.7. The van der Waals surface area contributed by atoms with E-state index < -0.39 is 18.5 Å². The van der Waals surface area contributed by atoms with Crippen molar-refractivity contribution in [1.29, 1.82) is 0 Å². The number of aromatic nitrogens is 2. The van der Waals surface area contributed by atoms with E-state index in [-0.39, 0.29) is 23.1 Å². The third kappa shape index (κ3) is 4.88. The number of hydrogen-bond donors (Lipinski definition) is 0.